The maximum atomic E-state index is 12.3. The lowest BCUT2D eigenvalue weighted by atomic mass is 10.1. The van der Waals surface area contributed by atoms with Crippen LogP contribution in [0.1, 0.15) is 24.1 Å². The lowest BCUT2D eigenvalue weighted by molar-refractivity contribution is -0.117. The van der Waals surface area contributed by atoms with Gasteiger partial charge in [0.2, 0.25) is 11.8 Å². The first-order valence-corrected chi connectivity index (χ1v) is 9.20. The number of hydrogen-bond donors (Lipinski definition) is 1. The van der Waals surface area contributed by atoms with Crippen molar-refractivity contribution in [2.75, 3.05) is 16.8 Å². The van der Waals surface area contributed by atoms with E-state index in [4.69, 9.17) is 34.8 Å². The molecule has 1 saturated heterocycles. The van der Waals surface area contributed by atoms with Crippen molar-refractivity contribution < 1.29 is 9.59 Å². The van der Waals surface area contributed by atoms with Gasteiger partial charge in [-0.05, 0) is 37.6 Å². The number of carbonyl (C=O) groups excluding carboxylic acids is 2. The maximum absolute atomic E-state index is 12.3. The van der Waals surface area contributed by atoms with Crippen LogP contribution in [-0.2, 0) is 16.0 Å². The lowest BCUT2D eigenvalue weighted by Gasteiger charge is -2.18. The number of halogens is 3. The van der Waals surface area contributed by atoms with Gasteiger partial charge in [0.15, 0.2) is 0 Å². The molecule has 2 heterocycles. The smallest absolute Gasteiger partial charge is 0.228 e. The van der Waals surface area contributed by atoms with Crippen LogP contribution in [0.5, 0.6) is 0 Å². The summed E-state index contributed by atoms with van der Waals surface area (Å²) in [6.07, 6.45) is 1.34. The standard InChI is InChI=1S/C18H16Cl3N3O2/c1-10-7-13(19)12(18(21)22-10)9-16(25)23-11-4-5-15(14(20)8-11)24-6-2-3-17(24)26/h4-5,7-8H,2-3,6,9H2,1H3,(H,23,25). The molecule has 1 aromatic heterocycles. The second kappa shape index (κ2) is 7.82. The largest absolute Gasteiger partial charge is 0.326 e. The van der Waals surface area contributed by atoms with Gasteiger partial charge in [0.1, 0.15) is 5.15 Å². The summed E-state index contributed by atoms with van der Waals surface area (Å²) in [6.45, 7) is 2.43. The molecule has 2 amide bonds. The average Bonchev–Trinajstić information content (AvgIpc) is 2.97. The quantitative estimate of drug-likeness (QED) is 0.743. The molecule has 1 aliphatic heterocycles. The van der Waals surface area contributed by atoms with Crippen LogP contribution < -0.4 is 10.2 Å². The van der Waals surface area contributed by atoms with E-state index in [1.165, 1.54) is 0 Å². The Bertz CT molecular complexity index is 863. The minimum absolute atomic E-state index is 0.00503. The van der Waals surface area contributed by atoms with Crippen LogP contribution in [0.25, 0.3) is 0 Å². The number of amides is 2. The predicted octanol–water partition coefficient (Wildman–Crippen LogP) is 4.66. The van der Waals surface area contributed by atoms with Gasteiger partial charge in [-0.1, -0.05) is 34.8 Å². The predicted molar refractivity (Wildman–Crippen MR) is 104 cm³/mol. The van der Waals surface area contributed by atoms with Gasteiger partial charge < -0.3 is 10.2 Å². The molecule has 3 rings (SSSR count). The first-order chi connectivity index (χ1) is 12.3. The van der Waals surface area contributed by atoms with Gasteiger partial charge in [0.25, 0.3) is 0 Å². The van der Waals surface area contributed by atoms with E-state index in [9.17, 15) is 9.59 Å². The van der Waals surface area contributed by atoms with Crippen LogP contribution in [0.3, 0.4) is 0 Å². The van der Waals surface area contributed by atoms with Crippen molar-refractivity contribution in [1.82, 2.24) is 4.98 Å². The summed E-state index contributed by atoms with van der Waals surface area (Å²) >= 11 is 18.5. The van der Waals surface area contributed by atoms with Crippen LogP contribution in [0.4, 0.5) is 11.4 Å². The number of anilines is 2. The van der Waals surface area contributed by atoms with Crippen molar-refractivity contribution in [2.45, 2.75) is 26.2 Å². The average molecular weight is 413 g/mol. The third-order valence-electron chi connectivity index (χ3n) is 4.08. The van der Waals surface area contributed by atoms with E-state index in [0.29, 0.717) is 45.6 Å². The zero-order valence-electron chi connectivity index (χ0n) is 14.0. The fraction of sp³-hybridized carbons (Fsp3) is 0.278. The van der Waals surface area contributed by atoms with E-state index < -0.39 is 0 Å². The van der Waals surface area contributed by atoms with Gasteiger partial charge in [-0.25, -0.2) is 4.98 Å². The highest BCUT2D eigenvalue weighted by Crippen LogP contribution is 2.32. The van der Waals surface area contributed by atoms with E-state index >= 15 is 0 Å². The Hall–Kier alpha value is -1.82. The van der Waals surface area contributed by atoms with Gasteiger partial charge in [0.05, 0.1) is 17.1 Å². The fourth-order valence-corrected chi connectivity index (χ4v) is 3.80. The van der Waals surface area contributed by atoms with Gasteiger partial charge in [-0.2, -0.15) is 0 Å². The number of pyridine rings is 1. The summed E-state index contributed by atoms with van der Waals surface area (Å²) < 4.78 is 0. The van der Waals surface area contributed by atoms with E-state index in [1.54, 1.807) is 36.1 Å². The molecule has 0 radical (unpaired) electrons. The molecule has 2 aromatic rings. The summed E-state index contributed by atoms with van der Waals surface area (Å²) in [5.41, 5.74) is 2.34. The van der Waals surface area contributed by atoms with Gasteiger partial charge >= 0.3 is 0 Å². The van der Waals surface area contributed by atoms with Crippen LogP contribution in [0.2, 0.25) is 15.2 Å². The number of nitrogens with zero attached hydrogens (tertiary/aromatic N) is 2. The zero-order chi connectivity index (χ0) is 18.8. The molecule has 1 aromatic carbocycles. The van der Waals surface area contributed by atoms with Crippen LogP contribution >= 0.6 is 34.8 Å². The van der Waals surface area contributed by atoms with Crippen LogP contribution in [-0.4, -0.2) is 23.3 Å². The zero-order valence-corrected chi connectivity index (χ0v) is 16.3. The van der Waals surface area contributed by atoms with Crippen LogP contribution in [0, 0.1) is 6.92 Å². The molecular weight excluding hydrogens is 397 g/mol. The van der Waals surface area contributed by atoms with Gasteiger partial charge in [-0.3, -0.25) is 9.59 Å². The number of rotatable bonds is 4. The van der Waals surface area contributed by atoms with E-state index in [1.807, 2.05) is 0 Å². The number of carbonyl (C=O) groups is 2. The number of aryl methyl sites for hydroxylation is 1. The first kappa shape index (κ1) is 19.0. The molecular formula is C18H16Cl3N3O2. The summed E-state index contributed by atoms with van der Waals surface area (Å²) in [4.78, 5) is 29.9. The number of hydrogen-bond acceptors (Lipinski definition) is 3. The molecule has 0 saturated carbocycles. The summed E-state index contributed by atoms with van der Waals surface area (Å²) in [5, 5.41) is 3.78. The van der Waals surface area contributed by atoms with Crippen molar-refractivity contribution in [3.05, 3.63) is 50.7 Å². The Morgan fingerprint density at radius 1 is 1.23 bits per heavy atom. The Labute approximate surface area is 166 Å². The Morgan fingerprint density at radius 3 is 2.62 bits per heavy atom. The molecule has 8 heteroatoms. The molecule has 26 heavy (non-hydrogen) atoms. The number of aromatic nitrogens is 1. The summed E-state index contributed by atoms with van der Waals surface area (Å²) in [5.74, 6) is -0.236. The molecule has 0 aliphatic carbocycles. The van der Waals surface area contributed by atoms with Crippen molar-refractivity contribution in [1.29, 1.82) is 0 Å². The molecule has 136 valence electrons. The topological polar surface area (TPSA) is 62.3 Å². The first-order valence-electron chi connectivity index (χ1n) is 8.06. The third-order valence-corrected chi connectivity index (χ3v) is 5.03. The van der Waals surface area contributed by atoms with E-state index in [0.717, 1.165) is 6.42 Å². The Kier molecular flexibility index (Phi) is 5.70. The molecule has 1 aliphatic rings. The minimum Gasteiger partial charge on any atom is -0.326 e. The second-order valence-corrected chi connectivity index (χ2v) is 7.23. The molecule has 1 fully saturated rings. The number of benzene rings is 1. The maximum Gasteiger partial charge on any atom is 0.228 e. The molecule has 0 spiro atoms. The number of nitrogens with one attached hydrogen (secondary N) is 1. The highest BCUT2D eigenvalue weighted by Gasteiger charge is 2.23. The van der Waals surface area contributed by atoms with Crippen molar-refractivity contribution in [2.24, 2.45) is 0 Å². The highest BCUT2D eigenvalue weighted by molar-refractivity contribution is 6.36. The normalized spacial score (nSPS) is 14.0. The van der Waals surface area contributed by atoms with Gasteiger partial charge in [-0.15, -0.1) is 0 Å². The van der Waals surface area contributed by atoms with Crippen LogP contribution in [0.15, 0.2) is 24.3 Å². The lowest BCUT2D eigenvalue weighted by Crippen LogP contribution is -2.24. The third kappa shape index (κ3) is 4.11. The van der Waals surface area contributed by atoms with E-state index in [-0.39, 0.29) is 23.4 Å². The van der Waals surface area contributed by atoms with Gasteiger partial charge in [0, 0.05) is 34.9 Å². The molecule has 0 atom stereocenters. The SMILES string of the molecule is Cc1cc(Cl)c(CC(=O)Nc2ccc(N3CCCC3=O)c(Cl)c2)c(Cl)n1. The van der Waals surface area contributed by atoms with Crippen molar-refractivity contribution in [3.63, 3.8) is 0 Å². The molecule has 0 unspecified atom stereocenters. The second-order valence-electron chi connectivity index (χ2n) is 6.05. The fourth-order valence-electron chi connectivity index (χ4n) is 2.85. The molecule has 5 nitrogen and oxygen atoms in total. The molecule has 0 bridgehead atoms. The van der Waals surface area contributed by atoms with Crippen molar-refractivity contribution >= 4 is 58.0 Å². The Balaban J connectivity index is 1.72. The minimum atomic E-state index is -0.291. The molecule has 1 N–H and O–H groups in total. The summed E-state index contributed by atoms with van der Waals surface area (Å²) in [6, 6.07) is 6.72. The monoisotopic (exact) mass is 411 g/mol. The highest BCUT2D eigenvalue weighted by atomic mass is 35.5. The summed E-state index contributed by atoms with van der Waals surface area (Å²) in [7, 11) is 0. The van der Waals surface area contributed by atoms with Crippen molar-refractivity contribution in [3.8, 4) is 0 Å². The van der Waals surface area contributed by atoms with E-state index in [2.05, 4.69) is 10.3 Å². The Morgan fingerprint density at radius 2 is 2.00 bits per heavy atom.